The quantitative estimate of drug-likeness (QED) is 0.691. The highest BCUT2D eigenvalue weighted by Crippen LogP contribution is 2.38. The molecule has 0 bridgehead atoms. The molecule has 0 saturated heterocycles. The summed E-state index contributed by atoms with van der Waals surface area (Å²) in [4.78, 5) is 15.9. The minimum atomic E-state index is -0.208. The van der Waals surface area contributed by atoms with Crippen LogP contribution in [0.2, 0.25) is 0 Å². The lowest BCUT2D eigenvalue weighted by Gasteiger charge is -2.31. The number of amides is 1. The predicted molar refractivity (Wildman–Crippen MR) is 109 cm³/mol. The van der Waals surface area contributed by atoms with Crippen molar-refractivity contribution in [3.05, 3.63) is 59.7 Å². The molecule has 8 heteroatoms. The summed E-state index contributed by atoms with van der Waals surface area (Å²) in [5, 5.41) is 10.6. The molecule has 150 valence electrons. The standard InChI is InChI=1S/C21H23N5O3/c1-13(27)22-20-24-21-23-18(14-4-8-16(28-2)9-5-14)12-19(26(21)25-20)15-6-10-17(29-3)11-7-15/h4-11,18-19H,12H2,1-3H3,(H2,22,23,24,25,27)/t18-,19+/m1/s1. The fourth-order valence-electron chi connectivity index (χ4n) is 3.55. The van der Waals surface area contributed by atoms with Crippen LogP contribution in [0, 0.1) is 0 Å². The number of rotatable bonds is 5. The predicted octanol–water partition coefficient (Wildman–Crippen LogP) is 3.40. The lowest BCUT2D eigenvalue weighted by Crippen LogP contribution is -2.28. The second-order valence-electron chi connectivity index (χ2n) is 6.88. The fourth-order valence-corrected chi connectivity index (χ4v) is 3.55. The van der Waals surface area contributed by atoms with Crippen molar-refractivity contribution in [2.45, 2.75) is 25.4 Å². The van der Waals surface area contributed by atoms with E-state index in [2.05, 4.69) is 20.7 Å². The van der Waals surface area contributed by atoms with Crippen molar-refractivity contribution in [3.8, 4) is 11.5 Å². The molecule has 4 rings (SSSR count). The van der Waals surface area contributed by atoms with Gasteiger partial charge in [0.25, 0.3) is 5.95 Å². The first kappa shape index (κ1) is 18.8. The Kier molecular flexibility index (Phi) is 5.07. The average molecular weight is 393 g/mol. The van der Waals surface area contributed by atoms with Gasteiger partial charge in [0, 0.05) is 6.92 Å². The van der Waals surface area contributed by atoms with Crippen LogP contribution >= 0.6 is 0 Å². The molecular formula is C21H23N5O3. The van der Waals surface area contributed by atoms with E-state index in [1.807, 2.05) is 53.2 Å². The van der Waals surface area contributed by atoms with Gasteiger partial charge in [-0.1, -0.05) is 24.3 Å². The third-order valence-electron chi connectivity index (χ3n) is 5.00. The molecule has 8 nitrogen and oxygen atoms in total. The van der Waals surface area contributed by atoms with Crippen LogP contribution in [0.1, 0.15) is 36.6 Å². The largest absolute Gasteiger partial charge is 0.497 e. The molecule has 0 saturated carbocycles. The van der Waals surface area contributed by atoms with Crippen molar-refractivity contribution in [1.82, 2.24) is 14.8 Å². The van der Waals surface area contributed by atoms with Crippen molar-refractivity contribution in [2.75, 3.05) is 24.9 Å². The van der Waals surface area contributed by atoms with E-state index < -0.39 is 0 Å². The first-order valence-electron chi connectivity index (χ1n) is 9.36. The van der Waals surface area contributed by atoms with Gasteiger partial charge in [0.15, 0.2) is 0 Å². The summed E-state index contributed by atoms with van der Waals surface area (Å²) in [6, 6.07) is 15.9. The summed E-state index contributed by atoms with van der Waals surface area (Å²) in [5.41, 5.74) is 2.21. The molecule has 1 amide bonds. The highest BCUT2D eigenvalue weighted by molar-refractivity contribution is 5.86. The summed E-state index contributed by atoms with van der Waals surface area (Å²) < 4.78 is 12.4. The highest BCUT2D eigenvalue weighted by atomic mass is 16.5. The Bertz CT molecular complexity index is 998. The van der Waals surface area contributed by atoms with Gasteiger partial charge in [-0.25, -0.2) is 4.68 Å². The second kappa shape index (κ2) is 7.83. The fraction of sp³-hybridized carbons (Fsp3) is 0.286. The van der Waals surface area contributed by atoms with Crippen LogP contribution < -0.4 is 20.1 Å². The maximum atomic E-state index is 11.4. The van der Waals surface area contributed by atoms with Gasteiger partial charge < -0.3 is 14.8 Å². The average Bonchev–Trinajstić information content (AvgIpc) is 3.14. The maximum Gasteiger partial charge on any atom is 0.250 e. The Morgan fingerprint density at radius 3 is 2.17 bits per heavy atom. The van der Waals surface area contributed by atoms with Crippen LogP contribution in [-0.2, 0) is 4.79 Å². The number of hydrogen-bond donors (Lipinski definition) is 2. The molecule has 3 aromatic rings. The monoisotopic (exact) mass is 393 g/mol. The Balaban J connectivity index is 1.71. The SMILES string of the molecule is COc1ccc([C@H]2C[C@@H](c3ccc(OC)cc3)n3nc(NC(C)=O)nc3N2)cc1. The Labute approximate surface area is 168 Å². The van der Waals surface area contributed by atoms with Crippen molar-refractivity contribution < 1.29 is 14.3 Å². The Morgan fingerprint density at radius 2 is 1.62 bits per heavy atom. The first-order chi connectivity index (χ1) is 14.1. The van der Waals surface area contributed by atoms with E-state index >= 15 is 0 Å². The number of anilines is 2. The summed E-state index contributed by atoms with van der Waals surface area (Å²) in [6.07, 6.45) is 0.772. The molecule has 0 radical (unpaired) electrons. The van der Waals surface area contributed by atoms with Gasteiger partial charge in [-0.2, -0.15) is 4.98 Å². The van der Waals surface area contributed by atoms with Gasteiger partial charge in [0.2, 0.25) is 11.9 Å². The minimum Gasteiger partial charge on any atom is -0.497 e. The van der Waals surface area contributed by atoms with E-state index in [1.165, 1.54) is 6.92 Å². The molecule has 0 unspecified atom stereocenters. The van der Waals surface area contributed by atoms with Crippen LogP contribution in [0.25, 0.3) is 0 Å². The van der Waals surface area contributed by atoms with Crippen molar-refractivity contribution in [1.29, 1.82) is 0 Å². The lowest BCUT2D eigenvalue weighted by atomic mass is 9.93. The van der Waals surface area contributed by atoms with Crippen LogP contribution in [0.5, 0.6) is 11.5 Å². The summed E-state index contributed by atoms with van der Waals surface area (Å²) >= 11 is 0. The van der Waals surface area contributed by atoms with Crippen molar-refractivity contribution in [3.63, 3.8) is 0 Å². The number of benzene rings is 2. The van der Waals surface area contributed by atoms with E-state index in [0.29, 0.717) is 5.95 Å². The summed E-state index contributed by atoms with van der Waals surface area (Å²) in [6.45, 7) is 1.44. The van der Waals surface area contributed by atoms with E-state index in [1.54, 1.807) is 14.2 Å². The second-order valence-corrected chi connectivity index (χ2v) is 6.88. The number of nitrogens with zero attached hydrogens (tertiary/aromatic N) is 3. The van der Waals surface area contributed by atoms with Gasteiger partial charge in [-0.3, -0.25) is 10.1 Å². The number of methoxy groups -OCH3 is 2. The molecule has 1 aromatic heterocycles. The molecule has 2 N–H and O–H groups in total. The van der Waals surface area contributed by atoms with Gasteiger partial charge in [0.05, 0.1) is 26.3 Å². The number of aromatic nitrogens is 3. The zero-order chi connectivity index (χ0) is 20.4. The molecule has 2 aromatic carbocycles. The van der Waals surface area contributed by atoms with Crippen LogP contribution in [0.15, 0.2) is 48.5 Å². The number of nitrogens with one attached hydrogen (secondary N) is 2. The number of carbonyl (C=O) groups is 1. The van der Waals surface area contributed by atoms with E-state index in [9.17, 15) is 4.79 Å². The summed E-state index contributed by atoms with van der Waals surface area (Å²) in [5.74, 6) is 2.30. The van der Waals surface area contributed by atoms with Crippen molar-refractivity contribution >= 4 is 17.8 Å². The number of hydrogen-bond acceptors (Lipinski definition) is 6. The number of fused-ring (bicyclic) bond motifs is 1. The van der Waals surface area contributed by atoms with Gasteiger partial charge >= 0.3 is 0 Å². The van der Waals surface area contributed by atoms with Crippen LogP contribution in [0.4, 0.5) is 11.9 Å². The first-order valence-corrected chi connectivity index (χ1v) is 9.36. The van der Waals surface area contributed by atoms with E-state index in [-0.39, 0.29) is 23.9 Å². The van der Waals surface area contributed by atoms with Crippen molar-refractivity contribution in [2.24, 2.45) is 0 Å². The zero-order valence-electron chi connectivity index (χ0n) is 16.5. The molecule has 2 atom stereocenters. The minimum absolute atomic E-state index is 0.0369. The number of ether oxygens (including phenoxy) is 2. The maximum absolute atomic E-state index is 11.4. The van der Waals surface area contributed by atoms with Gasteiger partial charge in [-0.05, 0) is 41.8 Å². The molecule has 1 aliphatic rings. The molecule has 0 fully saturated rings. The summed E-state index contributed by atoms with van der Waals surface area (Å²) in [7, 11) is 3.30. The zero-order valence-corrected chi connectivity index (χ0v) is 16.5. The Hall–Kier alpha value is -3.55. The number of carbonyl (C=O) groups excluding carboxylic acids is 1. The van der Waals surface area contributed by atoms with E-state index in [0.717, 1.165) is 29.0 Å². The normalized spacial score (nSPS) is 17.8. The third kappa shape index (κ3) is 3.87. The van der Waals surface area contributed by atoms with Crippen LogP contribution in [0.3, 0.4) is 0 Å². The highest BCUT2D eigenvalue weighted by Gasteiger charge is 2.31. The van der Waals surface area contributed by atoms with E-state index in [4.69, 9.17) is 9.47 Å². The van der Waals surface area contributed by atoms with Gasteiger partial charge in [-0.15, -0.1) is 5.10 Å². The topological polar surface area (TPSA) is 90.3 Å². The van der Waals surface area contributed by atoms with Gasteiger partial charge in [0.1, 0.15) is 11.5 Å². The van der Waals surface area contributed by atoms with Crippen LogP contribution in [-0.4, -0.2) is 34.9 Å². The molecule has 1 aliphatic heterocycles. The lowest BCUT2D eigenvalue weighted by molar-refractivity contribution is -0.114. The third-order valence-corrected chi connectivity index (χ3v) is 5.00. The molecule has 0 aliphatic carbocycles. The molecule has 0 spiro atoms. The Morgan fingerprint density at radius 1 is 1.03 bits per heavy atom. The molecular weight excluding hydrogens is 370 g/mol. The smallest absolute Gasteiger partial charge is 0.250 e. The molecule has 29 heavy (non-hydrogen) atoms. The molecule has 2 heterocycles.